The van der Waals surface area contributed by atoms with Gasteiger partial charge in [0.2, 0.25) is 0 Å². The molecule has 0 aromatic heterocycles. The topological polar surface area (TPSA) is 74.6 Å². The van der Waals surface area contributed by atoms with E-state index in [2.05, 4.69) is 0 Å². The van der Waals surface area contributed by atoms with Crippen LogP contribution in [0.3, 0.4) is 0 Å². The van der Waals surface area contributed by atoms with Crippen molar-refractivity contribution in [3.05, 3.63) is 0 Å². The van der Waals surface area contributed by atoms with Crippen LogP contribution in [0, 0.1) is 0 Å². The van der Waals surface area contributed by atoms with E-state index in [0.29, 0.717) is 0 Å². The minimum Gasteiger partial charge on any atom is -1.00 e. The molecule has 0 aliphatic rings. The zero-order chi connectivity index (χ0) is 4.50. The van der Waals surface area contributed by atoms with Crippen LogP contribution in [0.2, 0.25) is 0 Å². The molecular weight excluding hydrogens is 247 g/mol. The molecule has 0 saturated heterocycles. The molecule has 8 heavy (non-hydrogen) atoms. The molecule has 0 spiro atoms. The van der Waals surface area contributed by atoms with Crippen molar-refractivity contribution in [3.63, 3.8) is 0 Å². The summed E-state index contributed by atoms with van der Waals surface area (Å²) >= 11 is 0. The number of hydrogen-bond acceptors (Lipinski definition) is 2. The van der Waals surface area contributed by atoms with Crippen LogP contribution in [-0.2, 0) is 10.4 Å². The Hall–Kier alpha value is 3.61. The van der Waals surface area contributed by atoms with Crippen LogP contribution in [0.4, 0.5) is 0 Å². The molecule has 0 aromatic carbocycles. The molecule has 2 N–H and O–H groups in total. The Balaban J connectivity index is -0.00000000286. The zero-order valence-corrected chi connectivity index (χ0v) is 13.0. The standard InChI is InChI=1S/Ca.Na.H2O4S.Sr.5H/c;;1-5(2,3)4;;;;;;/h;;(H2,1,2,3,4);;;;;;/q+2;+1;;+2;5*-1. The first-order valence-corrected chi connectivity index (χ1v) is 2.10. The normalized spacial score (nSPS) is 7.25. The molecular formula is H7CaNaO4SSr. The SMILES string of the molecule is O=S(=O)(O)O.[Ca+2].[H-].[H-].[H-].[H-].[H-].[Na+].[Sr+2]. The van der Waals surface area contributed by atoms with Crippen LogP contribution in [0.15, 0.2) is 0 Å². The van der Waals surface area contributed by atoms with Crippen molar-refractivity contribution in [3.8, 4) is 0 Å². The summed E-state index contributed by atoms with van der Waals surface area (Å²) in [5.41, 5.74) is 0. The Morgan fingerprint density at radius 3 is 1.25 bits per heavy atom. The molecule has 0 fully saturated rings. The summed E-state index contributed by atoms with van der Waals surface area (Å²) in [6.07, 6.45) is 0. The van der Waals surface area contributed by atoms with Crippen LogP contribution in [0.5, 0.6) is 0 Å². The van der Waals surface area contributed by atoms with Gasteiger partial charge < -0.3 is 7.13 Å². The Kier molecular flexibility index (Phi) is 29.9. The maximum Gasteiger partial charge on any atom is 2.00 e. The van der Waals surface area contributed by atoms with Gasteiger partial charge in [0.15, 0.2) is 0 Å². The second-order valence-electron chi connectivity index (χ2n) is 0.448. The molecule has 0 saturated carbocycles. The van der Waals surface area contributed by atoms with Gasteiger partial charge in [-0.3, -0.25) is 9.11 Å². The van der Waals surface area contributed by atoms with Crippen molar-refractivity contribution < 1.29 is 54.2 Å². The van der Waals surface area contributed by atoms with E-state index < -0.39 is 10.4 Å². The zero-order valence-electron chi connectivity index (χ0n) is 9.53. The Labute approximate surface area is 144 Å². The quantitative estimate of drug-likeness (QED) is 0.343. The Morgan fingerprint density at radius 2 is 1.25 bits per heavy atom. The summed E-state index contributed by atoms with van der Waals surface area (Å²) in [5.74, 6) is 0. The maximum absolute atomic E-state index is 8.74. The molecule has 0 unspecified atom stereocenters. The van der Waals surface area contributed by atoms with Gasteiger partial charge in [-0.25, -0.2) is 0 Å². The van der Waals surface area contributed by atoms with E-state index in [1.807, 2.05) is 0 Å². The van der Waals surface area contributed by atoms with Crippen molar-refractivity contribution in [1.29, 1.82) is 0 Å². The third-order valence-corrected chi connectivity index (χ3v) is 0. The first kappa shape index (κ1) is 22.6. The van der Waals surface area contributed by atoms with Gasteiger partial charge in [-0.2, -0.15) is 8.42 Å². The fourth-order valence-electron chi connectivity index (χ4n) is 0. The molecule has 4 nitrogen and oxygen atoms in total. The van der Waals surface area contributed by atoms with Crippen LogP contribution < -0.4 is 29.6 Å². The summed E-state index contributed by atoms with van der Waals surface area (Å²) in [6, 6.07) is 0. The number of rotatable bonds is 0. The van der Waals surface area contributed by atoms with Crippen molar-refractivity contribution in [1.82, 2.24) is 0 Å². The van der Waals surface area contributed by atoms with Gasteiger partial charge in [0.1, 0.15) is 0 Å². The average Bonchev–Trinajstić information content (AvgIpc) is 0.722. The molecule has 0 atom stereocenters. The summed E-state index contributed by atoms with van der Waals surface area (Å²) in [6.45, 7) is 0. The van der Waals surface area contributed by atoms with E-state index in [1.165, 1.54) is 0 Å². The molecule has 42 valence electrons. The summed E-state index contributed by atoms with van der Waals surface area (Å²) in [5, 5.41) is 0. The molecule has 0 amide bonds. The van der Waals surface area contributed by atoms with Crippen molar-refractivity contribution in [2.45, 2.75) is 0 Å². The molecule has 0 heterocycles. The van der Waals surface area contributed by atoms with Crippen LogP contribution in [0.1, 0.15) is 7.13 Å². The summed E-state index contributed by atoms with van der Waals surface area (Å²) < 4.78 is 31.6. The molecule has 0 aliphatic heterocycles. The van der Waals surface area contributed by atoms with Gasteiger partial charge in [-0.05, 0) is 0 Å². The third-order valence-electron chi connectivity index (χ3n) is 0. The minimum atomic E-state index is -4.67. The molecule has 0 aromatic rings. The van der Waals surface area contributed by atoms with Crippen molar-refractivity contribution in [2.75, 3.05) is 0 Å². The fraction of sp³-hybridized carbons (Fsp3) is 0. The van der Waals surface area contributed by atoms with E-state index >= 15 is 0 Å². The van der Waals surface area contributed by atoms with E-state index in [0.717, 1.165) is 0 Å². The number of hydrogen-bond donors (Lipinski definition) is 2. The van der Waals surface area contributed by atoms with Crippen LogP contribution in [-0.4, -0.2) is 101 Å². The van der Waals surface area contributed by atoms with Crippen LogP contribution >= 0.6 is 0 Å². The first-order chi connectivity index (χ1) is 2.00. The van der Waals surface area contributed by atoms with Gasteiger partial charge in [0.25, 0.3) is 0 Å². The Bertz CT molecular complexity index is 112. The first-order valence-electron chi connectivity index (χ1n) is 0.698. The summed E-state index contributed by atoms with van der Waals surface area (Å²) in [4.78, 5) is 0. The van der Waals surface area contributed by atoms with E-state index in [9.17, 15) is 0 Å². The third kappa shape index (κ3) is 54.7. The summed E-state index contributed by atoms with van der Waals surface area (Å²) in [7, 11) is -4.67. The predicted molar refractivity (Wildman–Crippen MR) is 31.2 cm³/mol. The smallest absolute Gasteiger partial charge is 1.00 e. The average molecular weight is 254 g/mol. The molecule has 8 heteroatoms. The molecule has 0 rings (SSSR count). The van der Waals surface area contributed by atoms with Crippen molar-refractivity contribution >= 4 is 93.6 Å². The monoisotopic (exact) mass is 254 g/mol. The maximum atomic E-state index is 8.74. The van der Waals surface area contributed by atoms with E-state index in [-0.39, 0.29) is 120 Å². The second kappa shape index (κ2) is 10.6. The minimum absolute atomic E-state index is 0. The van der Waals surface area contributed by atoms with Gasteiger partial charge in [0.05, 0.1) is 0 Å². The van der Waals surface area contributed by atoms with E-state index in [1.54, 1.807) is 0 Å². The van der Waals surface area contributed by atoms with Crippen LogP contribution in [0.25, 0.3) is 0 Å². The Morgan fingerprint density at radius 1 is 1.25 bits per heavy atom. The molecule has 0 bridgehead atoms. The predicted octanol–water partition coefficient (Wildman–Crippen LogP) is -3.85. The van der Waals surface area contributed by atoms with Gasteiger partial charge >= 0.3 is 123 Å². The molecule has 0 aliphatic carbocycles. The second-order valence-corrected chi connectivity index (χ2v) is 1.34. The van der Waals surface area contributed by atoms with Gasteiger partial charge in [-0.15, -0.1) is 0 Å². The van der Waals surface area contributed by atoms with Crippen molar-refractivity contribution in [2.24, 2.45) is 0 Å². The van der Waals surface area contributed by atoms with E-state index in [4.69, 9.17) is 17.5 Å². The van der Waals surface area contributed by atoms with Gasteiger partial charge in [-0.1, -0.05) is 0 Å². The largest absolute Gasteiger partial charge is 2.00 e. The van der Waals surface area contributed by atoms with Gasteiger partial charge in [0, 0.05) is 0 Å². The molecule has 0 radical (unpaired) electrons. The fourth-order valence-corrected chi connectivity index (χ4v) is 0.